The van der Waals surface area contributed by atoms with Gasteiger partial charge < -0.3 is 5.32 Å². The zero-order chi connectivity index (χ0) is 15.4. The van der Waals surface area contributed by atoms with Gasteiger partial charge in [-0.1, -0.05) is 42.0 Å². The summed E-state index contributed by atoms with van der Waals surface area (Å²) in [6.45, 7) is 6.25. The number of nitrogens with zero attached hydrogens (tertiary/aromatic N) is 1. The first kappa shape index (κ1) is 15.2. The van der Waals surface area contributed by atoms with Crippen LogP contribution in [0.4, 0.5) is 5.69 Å². The van der Waals surface area contributed by atoms with Crippen LogP contribution in [0, 0.1) is 17.0 Å². The Bertz CT molecular complexity index is 606. The van der Waals surface area contributed by atoms with Crippen LogP contribution in [0.2, 0.25) is 0 Å². The summed E-state index contributed by atoms with van der Waals surface area (Å²) in [6.07, 6.45) is 0. The number of benzene rings is 2. The Kier molecular flexibility index (Phi) is 4.70. The lowest BCUT2D eigenvalue weighted by Gasteiger charge is -2.21. The van der Waals surface area contributed by atoms with E-state index in [1.807, 2.05) is 0 Å². The van der Waals surface area contributed by atoms with E-state index in [-0.39, 0.29) is 22.7 Å². The van der Waals surface area contributed by atoms with Gasteiger partial charge in [0, 0.05) is 24.2 Å². The van der Waals surface area contributed by atoms with Crippen LogP contribution in [0.5, 0.6) is 0 Å². The summed E-state index contributed by atoms with van der Waals surface area (Å²) in [5.41, 5.74) is 3.64. The van der Waals surface area contributed by atoms with Crippen molar-refractivity contribution >= 4 is 5.69 Å². The highest BCUT2D eigenvalue weighted by Gasteiger charge is 2.12. The number of non-ortho nitro benzene ring substituents is 1. The Morgan fingerprint density at radius 1 is 0.905 bits per heavy atom. The summed E-state index contributed by atoms with van der Waals surface area (Å²) in [4.78, 5) is 10.3. The van der Waals surface area contributed by atoms with E-state index in [1.54, 1.807) is 24.3 Å². The summed E-state index contributed by atoms with van der Waals surface area (Å²) in [5.74, 6) is 0. The first-order chi connectivity index (χ1) is 9.97. The molecule has 2 aromatic carbocycles. The highest BCUT2D eigenvalue weighted by molar-refractivity contribution is 5.34. The van der Waals surface area contributed by atoms with E-state index in [2.05, 4.69) is 50.4 Å². The van der Waals surface area contributed by atoms with Gasteiger partial charge in [0.1, 0.15) is 0 Å². The van der Waals surface area contributed by atoms with Crippen molar-refractivity contribution in [1.82, 2.24) is 5.32 Å². The smallest absolute Gasteiger partial charge is 0.269 e. The number of rotatable bonds is 5. The van der Waals surface area contributed by atoms with E-state index in [4.69, 9.17) is 0 Å². The predicted molar refractivity (Wildman–Crippen MR) is 84.2 cm³/mol. The van der Waals surface area contributed by atoms with Gasteiger partial charge in [0.2, 0.25) is 0 Å². The van der Waals surface area contributed by atoms with Crippen molar-refractivity contribution in [2.45, 2.75) is 32.9 Å². The molecule has 2 rings (SSSR count). The third-order valence-corrected chi connectivity index (χ3v) is 3.68. The van der Waals surface area contributed by atoms with Crippen molar-refractivity contribution < 1.29 is 4.92 Å². The lowest BCUT2D eigenvalue weighted by molar-refractivity contribution is -0.384. The van der Waals surface area contributed by atoms with Crippen molar-refractivity contribution in [1.29, 1.82) is 0 Å². The predicted octanol–water partition coefficient (Wildman–Crippen LogP) is 4.32. The zero-order valence-electron chi connectivity index (χ0n) is 12.5. The Hall–Kier alpha value is -2.20. The monoisotopic (exact) mass is 284 g/mol. The van der Waals surface area contributed by atoms with Crippen LogP contribution in [0.3, 0.4) is 0 Å². The van der Waals surface area contributed by atoms with E-state index < -0.39 is 0 Å². The van der Waals surface area contributed by atoms with Gasteiger partial charge in [-0.25, -0.2) is 0 Å². The summed E-state index contributed by atoms with van der Waals surface area (Å²) in [6, 6.07) is 15.5. The maximum Gasteiger partial charge on any atom is 0.269 e. The molecule has 21 heavy (non-hydrogen) atoms. The molecule has 2 atom stereocenters. The highest BCUT2D eigenvalue weighted by Crippen LogP contribution is 2.21. The number of nitrogens with one attached hydrogen (secondary N) is 1. The molecular weight excluding hydrogens is 264 g/mol. The second kappa shape index (κ2) is 6.50. The molecule has 4 nitrogen and oxygen atoms in total. The third kappa shape index (κ3) is 3.89. The number of aryl methyl sites for hydroxylation is 1. The van der Waals surface area contributed by atoms with Crippen LogP contribution in [0.15, 0.2) is 48.5 Å². The van der Waals surface area contributed by atoms with Crippen molar-refractivity contribution in [3.63, 3.8) is 0 Å². The van der Waals surface area contributed by atoms with Gasteiger partial charge in [-0.3, -0.25) is 10.1 Å². The molecule has 0 aliphatic carbocycles. The van der Waals surface area contributed by atoms with Gasteiger partial charge in [0.15, 0.2) is 0 Å². The van der Waals surface area contributed by atoms with Crippen LogP contribution >= 0.6 is 0 Å². The van der Waals surface area contributed by atoms with E-state index in [0.717, 1.165) is 5.56 Å². The molecule has 0 fully saturated rings. The van der Waals surface area contributed by atoms with Gasteiger partial charge in [-0.2, -0.15) is 0 Å². The number of hydrogen-bond donors (Lipinski definition) is 1. The summed E-state index contributed by atoms with van der Waals surface area (Å²) >= 11 is 0. The molecule has 0 aliphatic rings. The van der Waals surface area contributed by atoms with Crippen molar-refractivity contribution in [2.24, 2.45) is 0 Å². The molecular formula is C17H20N2O2. The van der Waals surface area contributed by atoms with Crippen molar-refractivity contribution in [2.75, 3.05) is 0 Å². The summed E-state index contributed by atoms with van der Waals surface area (Å²) < 4.78 is 0. The van der Waals surface area contributed by atoms with Crippen LogP contribution in [-0.2, 0) is 0 Å². The molecule has 0 aromatic heterocycles. The molecule has 0 heterocycles. The summed E-state index contributed by atoms with van der Waals surface area (Å²) in [7, 11) is 0. The number of nitro benzene ring substituents is 1. The topological polar surface area (TPSA) is 55.2 Å². The van der Waals surface area contributed by atoms with Gasteiger partial charge >= 0.3 is 0 Å². The average Bonchev–Trinajstić information content (AvgIpc) is 2.47. The molecule has 110 valence electrons. The molecule has 0 aliphatic heterocycles. The minimum absolute atomic E-state index is 0.123. The van der Waals surface area contributed by atoms with E-state index in [9.17, 15) is 10.1 Å². The van der Waals surface area contributed by atoms with Gasteiger partial charge in [-0.15, -0.1) is 0 Å². The lowest BCUT2D eigenvalue weighted by atomic mass is 10.0. The molecule has 1 N–H and O–H groups in total. The highest BCUT2D eigenvalue weighted by atomic mass is 16.6. The normalized spacial score (nSPS) is 13.7. The molecule has 0 amide bonds. The molecule has 4 heteroatoms. The van der Waals surface area contributed by atoms with E-state index in [1.165, 1.54) is 11.1 Å². The van der Waals surface area contributed by atoms with E-state index >= 15 is 0 Å². The standard InChI is InChI=1S/C17H20N2O2/c1-12-4-6-15(7-5-12)13(2)18-14(3)16-8-10-17(11-9-16)19(20)21/h4-11,13-14,18H,1-3H3/t13-,14?/m1/s1. The van der Waals surface area contributed by atoms with Gasteiger partial charge in [-0.05, 0) is 31.9 Å². The molecule has 0 radical (unpaired) electrons. The molecule has 2 aromatic rings. The minimum Gasteiger partial charge on any atom is -0.304 e. The maximum absolute atomic E-state index is 10.7. The Morgan fingerprint density at radius 2 is 1.33 bits per heavy atom. The second-order valence-electron chi connectivity index (χ2n) is 5.37. The molecule has 0 saturated carbocycles. The quantitative estimate of drug-likeness (QED) is 0.657. The molecule has 0 saturated heterocycles. The minimum atomic E-state index is -0.378. The van der Waals surface area contributed by atoms with Gasteiger partial charge in [0.05, 0.1) is 4.92 Å². The molecule has 0 bridgehead atoms. The first-order valence-corrected chi connectivity index (χ1v) is 7.04. The fourth-order valence-corrected chi connectivity index (χ4v) is 2.31. The summed E-state index contributed by atoms with van der Waals surface area (Å²) in [5, 5.41) is 14.2. The number of hydrogen-bond acceptors (Lipinski definition) is 3. The molecule has 0 spiro atoms. The third-order valence-electron chi connectivity index (χ3n) is 3.68. The second-order valence-corrected chi connectivity index (χ2v) is 5.37. The van der Waals surface area contributed by atoms with Crippen LogP contribution < -0.4 is 5.32 Å². The zero-order valence-corrected chi connectivity index (χ0v) is 12.5. The maximum atomic E-state index is 10.7. The molecule has 1 unspecified atom stereocenters. The van der Waals surface area contributed by atoms with Crippen LogP contribution in [0.1, 0.15) is 42.6 Å². The van der Waals surface area contributed by atoms with Crippen molar-refractivity contribution in [3.8, 4) is 0 Å². The fraction of sp³-hybridized carbons (Fsp3) is 0.294. The van der Waals surface area contributed by atoms with Crippen LogP contribution in [0.25, 0.3) is 0 Å². The van der Waals surface area contributed by atoms with Crippen LogP contribution in [-0.4, -0.2) is 4.92 Å². The average molecular weight is 284 g/mol. The number of nitro groups is 1. The Morgan fingerprint density at radius 3 is 1.76 bits per heavy atom. The fourth-order valence-electron chi connectivity index (χ4n) is 2.31. The Balaban J connectivity index is 2.04. The van der Waals surface area contributed by atoms with Gasteiger partial charge in [0.25, 0.3) is 5.69 Å². The first-order valence-electron chi connectivity index (χ1n) is 7.04. The van der Waals surface area contributed by atoms with Crippen molar-refractivity contribution in [3.05, 3.63) is 75.3 Å². The SMILES string of the molecule is Cc1ccc([C@@H](C)NC(C)c2ccc([N+](=O)[O-])cc2)cc1. The lowest BCUT2D eigenvalue weighted by Crippen LogP contribution is -2.22. The largest absolute Gasteiger partial charge is 0.304 e. The Labute approximate surface area is 125 Å². The van der Waals surface area contributed by atoms with E-state index in [0.29, 0.717) is 0 Å².